The minimum Gasteiger partial charge on any atom is -0.399 e. The Morgan fingerprint density at radius 3 is 2.84 bits per heavy atom. The van der Waals surface area contributed by atoms with Gasteiger partial charge in [0.2, 0.25) is 0 Å². The minimum atomic E-state index is 0.661. The summed E-state index contributed by atoms with van der Waals surface area (Å²) in [4.78, 5) is 8.80. The second kappa shape index (κ2) is 4.94. The second-order valence-corrected chi connectivity index (χ2v) is 4.32. The van der Waals surface area contributed by atoms with E-state index in [-0.39, 0.29) is 0 Å². The molecule has 2 heterocycles. The first-order valence-electron chi connectivity index (χ1n) is 6.11. The highest BCUT2D eigenvalue weighted by Gasteiger charge is 1.99. The van der Waals surface area contributed by atoms with Gasteiger partial charge in [0.1, 0.15) is 5.82 Å². The number of nitrogens with two attached hydrogens (primary N) is 1. The van der Waals surface area contributed by atoms with Gasteiger partial charge in [0, 0.05) is 17.3 Å². The topological polar surface area (TPSA) is 63.8 Å². The van der Waals surface area contributed by atoms with E-state index in [0.29, 0.717) is 6.54 Å². The molecule has 19 heavy (non-hydrogen) atoms. The predicted octanol–water partition coefficient (Wildman–Crippen LogP) is 2.82. The summed E-state index contributed by atoms with van der Waals surface area (Å²) in [5, 5.41) is 4.31. The number of hydrogen-bond acceptors (Lipinski definition) is 4. The summed E-state index contributed by atoms with van der Waals surface area (Å²) >= 11 is 0. The summed E-state index contributed by atoms with van der Waals surface area (Å²) in [6.07, 6.45) is 1.79. The van der Waals surface area contributed by atoms with Crippen molar-refractivity contribution in [1.29, 1.82) is 0 Å². The van der Waals surface area contributed by atoms with E-state index in [0.717, 1.165) is 28.1 Å². The van der Waals surface area contributed by atoms with Crippen molar-refractivity contribution in [3.05, 3.63) is 60.4 Å². The zero-order valence-corrected chi connectivity index (χ0v) is 10.4. The minimum absolute atomic E-state index is 0.661. The van der Waals surface area contributed by atoms with Crippen molar-refractivity contribution in [3.63, 3.8) is 0 Å². The van der Waals surface area contributed by atoms with E-state index in [1.165, 1.54) is 0 Å². The van der Waals surface area contributed by atoms with Gasteiger partial charge in [0.05, 0.1) is 17.8 Å². The first kappa shape index (κ1) is 11.5. The van der Waals surface area contributed by atoms with E-state index in [1.54, 1.807) is 6.20 Å². The molecule has 0 amide bonds. The Morgan fingerprint density at radius 2 is 2.00 bits per heavy atom. The molecule has 0 fully saturated rings. The van der Waals surface area contributed by atoms with Crippen LogP contribution in [0.3, 0.4) is 0 Å². The third kappa shape index (κ3) is 2.63. The fraction of sp³-hybridized carbons (Fsp3) is 0.0667. The van der Waals surface area contributed by atoms with Crippen LogP contribution in [0.15, 0.2) is 54.7 Å². The van der Waals surface area contributed by atoms with Crippen LogP contribution in [0.2, 0.25) is 0 Å². The third-order valence-electron chi connectivity index (χ3n) is 2.89. The van der Waals surface area contributed by atoms with Crippen LogP contribution in [0.4, 0.5) is 11.5 Å². The standard InChI is InChI=1S/C15H14N4/c16-12-5-6-14-11(9-12)4-7-15(19-14)18-10-13-3-1-2-8-17-13/h1-9H,10,16H2,(H,18,19). The number of benzene rings is 1. The maximum Gasteiger partial charge on any atom is 0.126 e. The molecular weight excluding hydrogens is 236 g/mol. The molecule has 3 aromatic rings. The normalized spacial score (nSPS) is 10.5. The Hall–Kier alpha value is -2.62. The summed E-state index contributed by atoms with van der Waals surface area (Å²) in [6.45, 7) is 0.661. The van der Waals surface area contributed by atoms with Gasteiger partial charge in [-0.3, -0.25) is 4.98 Å². The summed E-state index contributed by atoms with van der Waals surface area (Å²) < 4.78 is 0. The number of hydrogen-bond donors (Lipinski definition) is 2. The van der Waals surface area contributed by atoms with E-state index in [9.17, 15) is 0 Å². The first-order valence-corrected chi connectivity index (χ1v) is 6.11. The van der Waals surface area contributed by atoms with Gasteiger partial charge in [0.15, 0.2) is 0 Å². The Bertz CT molecular complexity index is 695. The van der Waals surface area contributed by atoms with Crippen LogP contribution < -0.4 is 11.1 Å². The summed E-state index contributed by atoms with van der Waals surface area (Å²) in [7, 11) is 0. The van der Waals surface area contributed by atoms with Crippen LogP contribution >= 0.6 is 0 Å². The number of pyridine rings is 2. The van der Waals surface area contributed by atoms with Crippen molar-refractivity contribution >= 4 is 22.4 Å². The highest BCUT2D eigenvalue weighted by atomic mass is 15.0. The van der Waals surface area contributed by atoms with Crippen molar-refractivity contribution in [2.75, 3.05) is 11.1 Å². The maximum atomic E-state index is 5.74. The maximum absolute atomic E-state index is 5.74. The molecule has 3 rings (SSSR count). The highest BCUT2D eigenvalue weighted by Crippen LogP contribution is 2.18. The van der Waals surface area contributed by atoms with E-state index < -0.39 is 0 Å². The zero-order valence-electron chi connectivity index (χ0n) is 10.4. The Kier molecular flexibility index (Phi) is 2.98. The number of nitrogens with zero attached hydrogens (tertiary/aromatic N) is 2. The average Bonchev–Trinajstić information content (AvgIpc) is 2.46. The first-order chi connectivity index (χ1) is 9.31. The number of aromatic nitrogens is 2. The zero-order chi connectivity index (χ0) is 13.1. The molecule has 0 aliphatic rings. The molecule has 0 bridgehead atoms. The monoisotopic (exact) mass is 250 g/mol. The molecule has 3 N–H and O–H groups in total. The number of nitrogen functional groups attached to an aromatic ring is 1. The molecule has 0 unspecified atom stereocenters. The molecule has 94 valence electrons. The van der Waals surface area contributed by atoms with Gasteiger partial charge in [-0.1, -0.05) is 6.07 Å². The highest BCUT2D eigenvalue weighted by molar-refractivity contribution is 5.83. The van der Waals surface area contributed by atoms with Crippen LogP contribution in [-0.2, 0) is 6.54 Å². The van der Waals surface area contributed by atoms with E-state index in [2.05, 4.69) is 15.3 Å². The number of fused-ring (bicyclic) bond motifs is 1. The third-order valence-corrected chi connectivity index (χ3v) is 2.89. The number of nitrogens with one attached hydrogen (secondary N) is 1. The van der Waals surface area contributed by atoms with E-state index in [1.807, 2.05) is 48.5 Å². The Labute approximate surface area is 111 Å². The SMILES string of the molecule is Nc1ccc2nc(NCc3ccccn3)ccc2c1. The van der Waals surface area contributed by atoms with Gasteiger partial charge >= 0.3 is 0 Å². The molecular formula is C15H14N4. The van der Waals surface area contributed by atoms with Gasteiger partial charge < -0.3 is 11.1 Å². The van der Waals surface area contributed by atoms with Gasteiger partial charge in [-0.2, -0.15) is 0 Å². The van der Waals surface area contributed by atoms with E-state index >= 15 is 0 Å². The van der Waals surface area contributed by atoms with Gasteiger partial charge in [-0.05, 0) is 42.5 Å². The molecule has 0 saturated carbocycles. The molecule has 0 atom stereocenters. The Morgan fingerprint density at radius 1 is 1.05 bits per heavy atom. The quantitative estimate of drug-likeness (QED) is 0.702. The molecule has 0 aliphatic carbocycles. The lowest BCUT2D eigenvalue weighted by Crippen LogP contribution is -2.02. The van der Waals surface area contributed by atoms with Crippen molar-refractivity contribution in [1.82, 2.24) is 9.97 Å². The van der Waals surface area contributed by atoms with Crippen molar-refractivity contribution in [2.45, 2.75) is 6.54 Å². The average molecular weight is 250 g/mol. The fourth-order valence-electron chi connectivity index (χ4n) is 1.93. The lowest BCUT2D eigenvalue weighted by molar-refractivity contribution is 1.03. The van der Waals surface area contributed by atoms with Gasteiger partial charge in [0.25, 0.3) is 0 Å². The molecule has 4 nitrogen and oxygen atoms in total. The fourth-order valence-corrected chi connectivity index (χ4v) is 1.93. The lowest BCUT2D eigenvalue weighted by Gasteiger charge is -2.06. The summed E-state index contributed by atoms with van der Waals surface area (Å²) in [5.74, 6) is 0.836. The summed E-state index contributed by atoms with van der Waals surface area (Å²) in [5.41, 5.74) is 8.42. The summed E-state index contributed by atoms with van der Waals surface area (Å²) in [6, 6.07) is 15.5. The van der Waals surface area contributed by atoms with Crippen molar-refractivity contribution in [2.24, 2.45) is 0 Å². The predicted molar refractivity (Wildman–Crippen MR) is 77.7 cm³/mol. The molecule has 1 aromatic carbocycles. The van der Waals surface area contributed by atoms with Crippen LogP contribution in [0, 0.1) is 0 Å². The molecule has 0 spiro atoms. The Balaban J connectivity index is 1.80. The molecule has 2 aromatic heterocycles. The van der Waals surface area contributed by atoms with Crippen molar-refractivity contribution in [3.8, 4) is 0 Å². The van der Waals surface area contributed by atoms with Crippen LogP contribution in [0.5, 0.6) is 0 Å². The number of anilines is 2. The molecule has 0 aliphatic heterocycles. The van der Waals surface area contributed by atoms with Crippen LogP contribution in [0.25, 0.3) is 10.9 Å². The van der Waals surface area contributed by atoms with Crippen LogP contribution in [-0.4, -0.2) is 9.97 Å². The molecule has 4 heteroatoms. The molecule has 0 radical (unpaired) electrons. The van der Waals surface area contributed by atoms with Gasteiger partial charge in [-0.15, -0.1) is 0 Å². The van der Waals surface area contributed by atoms with Crippen LogP contribution in [0.1, 0.15) is 5.69 Å². The lowest BCUT2D eigenvalue weighted by atomic mass is 10.2. The smallest absolute Gasteiger partial charge is 0.126 e. The largest absolute Gasteiger partial charge is 0.399 e. The second-order valence-electron chi connectivity index (χ2n) is 4.32. The van der Waals surface area contributed by atoms with E-state index in [4.69, 9.17) is 5.73 Å². The molecule has 0 saturated heterocycles. The van der Waals surface area contributed by atoms with Crippen molar-refractivity contribution < 1.29 is 0 Å². The number of rotatable bonds is 3. The van der Waals surface area contributed by atoms with Gasteiger partial charge in [-0.25, -0.2) is 4.98 Å².